The van der Waals surface area contributed by atoms with E-state index >= 15 is 0 Å². The van der Waals surface area contributed by atoms with E-state index in [1.165, 1.54) is 65.1 Å². The van der Waals surface area contributed by atoms with Crippen molar-refractivity contribution in [3.8, 4) is 22.3 Å². The Bertz CT molecular complexity index is 2470. The summed E-state index contributed by atoms with van der Waals surface area (Å²) in [5.74, 6) is 0. The van der Waals surface area contributed by atoms with Crippen LogP contribution in [0.25, 0.3) is 33.0 Å². The van der Waals surface area contributed by atoms with Crippen molar-refractivity contribution in [2.75, 3.05) is 4.90 Å². The van der Waals surface area contributed by atoms with Crippen LogP contribution >= 0.6 is 11.8 Å². The van der Waals surface area contributed by atoms with E-state index in [4.69, 9.17) is 0 Å². The zero-order valence-electron chi connectivity index (χ0n) is 26.8. The molecule has 1 aliphatic heterocycles. The fraction of sp³-hybridized carbons (Fsp3) is 0.0213. The van der Waals surface area contributed by atoms with Crippen molar-refractivity contribution in [2.24, 2.45) is 0 Å². The Morgan fingerprint density at radius 2 is 0.939 bits per heavy atom. The molecule has 0 unspecified atom stereocenters. The Balaban J connectivity index is 1.25. The molecule has 1 heterocycles. The second-order valence-corrected chi connectivity index (χ2v) is 13.9. The van der Waals surface area contributed by atoms with Crippen molar-refractivity contribution in [1.82, 2.24) is 0 Å². The first-order chi connectivity index (χ1) is 24.3. The van der Waals surface area contributed by atoms with Crippen LogP contribution in [0.4, 0.5) is 17.1 Å². The van der Waals surface area contributed by atoms with Crippen LogP contribution < -0.4 is 4.90 Å². The van der Waals surface area contributed by atoms with Crippen LogP contribution in [0.1, 0.15) is 22.3 Å². The highest BCUT2D eigenvalue weighted by atomic mass is 32.2. The summed E-state index contributed by atoms with van der Waals surface area (Å²) < 4.78 is 0. The van der Waals surface area contributed by atoms with Crippen LogP contribution in [0.5, 0.6) is 0 Å². The molecule has 0 fully saturated rings. The van der Waals surface area contributed by atoms with E-state index in [0.29, 0.717) is 0 Å². The molecule has 1 spiro atoms. The van der Waals surface area contributed by atoms with Crippen LogP contribution in [-0.2, 0) is 5.41 Å². The van der Waals surface area contributed by atoms with E-state index in [9.17, 15) is 0 Å². The number of para-hydroxylation sites is 1. The van der Waals surface area contributed by atoms with Gasteiger partial charge in [0.15, 0.2) is 0 Å². The molecular formula is C47H31NS. The lowest BCUT2D eigenvalue weighted by Gasteiger charge is -2.40. The topological polar surface area (TPSA) is 3.24 Å². The summed E-state index contributed by atoms with van der Waals surface area (Å²) in [4.78, 5) is 5.05. The molecule has 230 valence electrons. The van der Waals surface area contributed by atoms with E-state index in [0.717, 1.165) is 17.1 Å². The molecular weight excluding hydrogens is 611 g/mol. The second kappa shape index (κ2) is 11.1. The molecule has 8 aromatic rings. The number of nitrogens with zero attached hydrogens (tertiary/aromatic N) is 1. The van der Waals surface area contributed by atoms with Crippen molar-refractivity contribution < 1.29 is 0 Å². The number of hydrogen-bond acceptors (Lipinski definition) is 2. The number of benzene rings is 8. The van der Waals surface area contributed by atoms with E-state index in [1.807, 2.05) is 11.8 Å². The third-order valence-corrected chi connectivity index (χ3v) is 11.5. The molecule has 8 aromatic carbocycles. The van der Waals surface area contributed by atoms with Gasteiger partial charge in [0.25, 0.3) is 0 Å². The van der Waals surface area contributed by atoms with E-state index in [1.54, 1.807) is 0 Å². The monoisotopic (exact) mass is 641 g/mol. The van der Waals surface area contributed by atoms with Gasteiger partial charge in [0, 0.05) is 26.6 Å². The Kier molecular flexibility index (Phi) is 6.40. The predicted octanol–water partition coefficient (Wildman–Crippen LogP) is 12.8. The Labute approximate surface area is 291 Å². The largest absolute Gasteiger partial charge is 0.310 e. The lowest BCUT2D eigenvalue weighted by atomic mass is 9.66. The maximum Gasteiger partial charge on any atom is 0.0741 e. The van der Waals surface area contributed by atoms with Crippen molar-refractivity contribution in [3.05, 3.63) is 210 Å². The molecule has 49 heavy (non-hydrogen) atoms. The summed E-state index contributed by atoms with van der Waals surface area (Å²) in [6, 6.07) is 69.1. The van der Waals surface area contributed by atoms with E-state index in [2.05, 4.69) is 193 Å². The van der Waals surface area contributed by atoms with Gasteiger partial charge < -0.3 is 4.90 Å². The van der Waals surface area contributed by atoms with Gasteiger partial charge in [-0.1, -0.05) is 157 Å². The van der Waals surface area contributed by atoms with Gasteiger partial charge in [-0.25, -0.2) is 0 Å². The minimum Gasteiger partial charge on any atom is -0.310 e. The van der Waals surface area contributed by atoms with Crippen LogP contribution in [-0.4, -0.2) is 0 Å². The highest BCUT2D eigenvalue weighted by molar-refractivity contribution is 7.99. The molecule has 0 radical (unpaired) electrons. The van der Waals surface area contributed by atoms with Gasteiger partial charge in [-0.05, 0) is 92.4 Å². The third kappa shape index (κ3) is 4.14. The SMILES string of the molecule is c1ccc(-c2ccc(N(c3ccccc3)c3cccc4c5c(ccc34)Sc3ccccc3C53c4ccccc4-c4ccccc43)cc2)cc1. The molecule has 0 saturated heterocycles. The summed E-state index contributed by atoms with van der Waals surface area (Å²) in [5.41, 5.74) is 13.5. The molecule has 0 amide bonds. The Morgan fingerprint density at radius 1 is 0.367 bits per heavy atom. The summed E-state index contributed by atoms with van der Waals surface area (Å²) in [6.45, 7) is 0. The average Bonchev–Trinajstić information content (AvgIpc) is 3.46. The quantitative estimate of drug-likeness (QED) is 0.188. The maximum absolute atomic E-state index is 2.41. The molecule has 0 bridgehead atoms. The first-order valence-corrected chi connectivity index (χ1v) is 17.7. The number of hydrogen-bond donors (Lipinski definition) is 0. The fourth-order valence-electron chi connectivity index (χ4n) is 8.34. The maximum atomic E-state index is 2.41. The van der Waals surface area contributed by atoms with Gasteiger partial charge in [0.2, 0.25) is 0 Å². The zero-order valence-corrected chi connectivity index (χ0v) is 27.6. The minimum absolute atomic E-state index is 0.433. The standard InChI is InChI=1S/C47H31NS/c1-3-14-32(15-4-1)33-26-28-35(29-27-33)48(34-16-5-2-6-17-34)43-24-13-20-39-38(43)30-31-45-46(39)47(42-23-11-12-25-44(42)49-45)40-21-9-7-18-36(40)37-19-8-10-22-41(37)47/h1-31H. The summed E-state index contributed by atoms with van der Waals surface area (Å²) in [7, 11) is 0. The van der Waals surface area contributed by atoms with Crippen molar-refractivity contribution in [3.63, 3.8) is 0 Å². The van der Waals surface area contributed by atoms with Crippen molar-refractivity contribution >= 4 is 39.6 Å². The molecule has 2 heteroatoms. The van der Waals surface area contributed by atoms with Crippen LogP contribution in [0.2, 0.25) is 0 Å². The number of anilines is 3. The fourth-order valence-corrected chi connectivity index (χ4v) is 9.55. The molecule has 0 N–H and O–H groups in total. The first-order valence-electron chi connectivity index (χ1n) is 16.9. The van der Waals surface area contributed by atoms with Gasteiger partial charge in [-0.15, -0.1) is 0 Å². The minimum atomic E-state index is -0.433. The third-order valence-electron chi connectivity index (χ3n) is 10.3. The van der Waals surface area contributed by atoms with Gasteiger partial charge >= 0.3 is 0 Å². The Hall–Kier alpha value is -5.83. The van der Waals surface area contributed by atoms with Gasteiger partial charge in [0.05, 0.1) is 11.1 Å². The summed E-state index contributed by atoms with van der Waals surface area (Å²) in [6.07, 6.45) is 0. The van der Waals surface area contributed by atoms with Crippen LogP contribution in [0, 0.1) is 0 Å². The van der Waals surface area contributed by atoms with Crippen LogP contribution in [0.15, 0.2) is 198 Å². The highest BCUT2D eigenvalue weighted by Crippen LogP contribution is 2.63. The second-order valence-electron chi connectivity index (χ2n) is 12.8. The molecule has 1 nitrogen and oxygen atoms in total. The summed E-state index contributed by atoms with van der Waals surface area (Å²) >= 11 is 1.90. The summed E-state index contributed by atoms with van der Waals surface area (Å²) in [5, 5.41) is 2.52. The zero-order chi connectivity index (χ0) is 32.4. The van der Waals surface area contributed by atoms with Gasteiger partial charge in [0.1, 0.15) is 0 Å². The van der Waals surface area contributed by atoms with Gasteiger partial charge in [-0.2, -0.15) is 0 Å². The molecule has 0 atom stereocenters. The van der Waals surface area contributed by atoms with Crippen LogP contribution in [0.3, 0.4) is 0 Å². The Morgan fingerprint density at radius 3 is 1.65 bits per heavy atom. The molecule has 2 aliphatic rings. The lowest BCUT2D eigenvalue weighted by molar-refractivity contribution is 0.730. The molecule has 0 aromatic heterocycles. The van der Waals surface area contributed by atoms with E-state index in [-0.39, 0.29) is 0 Å². The highest BCUT2D eigenvalue weighted by Gasteiger charge is 2.50. The number of fused-ring (bicyclic) bond motifs is 11. The number of rotatable bonds is 4. The first kappa shape index (κ1) is 28.2. The smallest absolute Gasteiger partial charge is 0.0741 e. The molecule has 1 aliphatic carbocycles. The normalized spacial score (nSPS) is 13.4. The van der Waals surface area contributed by atoms with Crippen molar-refractivity contribution in [1.29, 1.82) is 0 Å². The lowest BCUT2D eigenvalue weighted by Crippen LogP contribution is -2.32. The molecule has 0 saturated carbocycles. The molecule has 10 rings (SSSR count). The van der Waals surface area contributed by atoms with Crippen molar-refractivity contribution in [2.45, 2.75) is 15.2 Å². The van der Waals surface area contributed by atoms with E-state index < -0.39 is 5.41 Å². The van der Waals surface area contributed by atoms with Gasteiger partial charge in [-0.3, -0.25) is 0 Å². The average molecular weight is 642 g/mol. The predicted molar refractivity (Wildman–Crippen MR) is 205 cm³/mol.